The highest BCUT2D eigenvalue weighted by Crippen LogP contribution is 2.41. The average molecular weight is 553 g/mol. The lowest BCUT2D eigenvalue weighted by atomic mass is 10.2. The van der Waals surface area contributed by atoms with Gasteiger partial charge in [-0.05, 0) is 24.3 Å². The minimum absolute atomic E-state index is 0.0730. The fourth-order valence-corrected chi connectivity index (χ4v) is 5.43. The third kappa shape index (κ3) is 4.85. The number of hydrogen-bond acceptors (Lipinski definition) is 8. The summed E-state index contributed by atoms with van der Waals surface area (Å²) in [7, 11) is -4.12. The van der Waals surface area contributed by atoms with Gasteiger partial charge in [0.05, 0.1) is 21.8 Å². The molecule has 0 aliphatic carbocycles. The molecular formula is C19H16Cl2F2N4O7S. The first-order valence-electron chi connectivity index (χ1n) is 9.76. The number of phenols is 1. The lowest BCUT2D eigenvalue weighted by Gasteiger charge is -2.34. The Morgan fingerprint density at radius 1 is 1.11 bits per heavy atom. The molecule has 0 spiro atoms. The van der Waals surface area contributed by atoms with Crippen molar-refractivity contribution in [3.63, 3.8) is 0 Å². The molecule has 2 aliphatic rings. The standard InChI is InChI=1S/C19H16Cl2F2N4O7S/c20-11-3-8(27-19(31)24-18(30)15(25-27)17(22)23)4-12(21)16(11)34-10-1-2-13(29)14(5-10)35(32,33)26-6-9(28)7-26/h1-5,9,15,17,25,28-29H,6-7H2,(H,24,30,31). The fourth-order valence-electron chi connectivity index (χ4n) is 3.27. The summed E-state index contributed by atoms with van der Waals surface area (Å²) in [6, 6.07) is 2.62. The highest BCUT2D eigenvalue weighted by Gasteiger charge is 2.39. The molecule has 2 heterocycles. The molecule has 2 saturated heterocycles. The number of aliphatic hydroxyl groups excluding tert-OH is 1. The average Bonchev–Trinajstić information content (AvgIpc) is 2.74. The Kier molecular flexibility index (Phi) is 6.78. The van der Waals surface area contributed by atoms with Crippen molar-refractivity contribution < 1.29 is 41.7 Å². The smallest absolute Gasteiger partial charge is 0.343 e. The van der Waals surface area contributed by atoms with E-state index in [0.717, 1.165) is 28.6 Å². The van der Waals surface area contributed by atoms with E-state index in [2.05, 4.69) is 5.43 Å². The van der Waals surface area contributed by atoms with Crippen molar-refractivity contribution in [2.75, 3.05) is 18.1 Å². The van der Waals surface area contributed by atoms with E-state index in [-0.39, 0.29) is 40.3 Å². The summed E-state index contributed by atoms with van der Waals surface area (Å²) < 4.78 is 58.1. The summed E-state index contributed by atoms with van der Waals surface area (Å²) in [5.41, 5.74) is 2.00. The number of sulfonamides is 1. The molecule has 4 rings (SSSR count). The second kappa shape index (κ2) is 9.37. The molecule has 2 aromatic rings. The van der Waals surface area contributed by atoms with Crippen molar-refractivity contribution in [3.8, 4) is 17.2 Å². The van der Waals surface area contributed by atoms with E-state index < -0.39 is 51.2 Å². The van der Waals surface area contributed by atoms with Crippen LogP contribution in [0.1, 0.15) is 0 Å². The van der Waals surface area contributed by atoms with Gasteiger partial charge in [-0.1, -0.05) is 23.2 Å². The van der Waals surface area contributed by atoms with E-state index in [1.54, 1.807) is 5.32 Å². The Labute approximate surface area is 206 Å². The molecule has 2 aromatic carbocycles. The van der Waals surface area contributed by atoms with Gasteiger partial charge in [0.2, 0.25) is 10.0 Å². The van der Waals surface area contributed by atoms with Crippen LogP contribution in [0.25, 0.3) is 0 Å². The van der Waals surface area contributed by atoms with Crippen LogP contribution in [0.4, 0.5) is 19.3 Å². The first-order valence-corrected chi connectivity index (χ1v) is 12.0. The normalized spacial score (nSPS) is 19.6. The number of ether oxygens (including phenoxy) is 1. The molecular weight excluding hydrogens is 537 g/mol. The van der Waals surface area contributed by atoms with Gasteiger partial charge in [-0.15, -0.1) is 0 Å². The number of aromatic hydroxyl groups is 1. The molecule has 188 valence electrons. The summed E-state index contributed by atoms with van der Waals surface area (Å²) >= 11 is 12.4. The molecule has 35 heavy (non-hydrogen) atoms. The number of imide groups is 1. The Morgan fingerprint density at radius 3 is 2.31 bits per heavy atom. The van der Waals surface area contributed by atoms with Crippen LogP contribution in [-0.2, 0) is 14.8 Å². The number of carbonyl (C=O) groups is 2. The zero-order chi connectivity index (χ0) is 25.7. The molecule has 0 aromatic heterocycles. The molecule has 2 fully saturated rings. The quantitative estimate of drug-likeness (QED) is 0.425. The maximum atomic E-state index is 13.1. The number of nitrogens with one attached hydrogen (secondary N) is 2. The highest BCUT2D eigenvalue weighted by atomic mass is 35.5. The van der Waals surface area contributed by atoms with Gasteiger partial charge in [0.25, 0.3) is 12.3 Å². The molecule has 2 aliphatic heterocycles. The maximum absolute atomic E-state index is 13.1. The van der Waals surface area contributed by atoms with Crippen LogP contribution in [0.5, 0.6) is 17.2 Å². The molecule has 3 amide bonds. The van der Waals surface area contributed by atoms with Crippen molar-refractivity contribution >= 4 is 50.9 Å². The first-order chi connectivity index (χ1) is 16.4. The van der Waals surface area contributed by atoms with Gasteiger partial charge >= 0.3 is 6.03 Å². The lowest BCUT2D eigenvalue weighted by molar-refractivity contribution is -0.126. The molecule has 0 saturated carbocycles. The third-order valence-electron chi connectivity index (χ3n) is 5.07. The molecule has 0 radical (unpaired) electrons. The molecule has 4 N–H and O–H groups in total. The van der Waals surface area contributed by atoms with Gasteiger partial charge in [0.1, 0.15) is 16.4 Å². The van der Waals surface area contributed by atoms with Gasteiger partial charge in [-0.2, -0.15) is 4.31 Å². The molecule has 1 atom stereocenters. The van der Waals surface area contributed by atoms with Crippen LogP contribution < -0.4 is 20.5 Å². The summed E-state index contributed by atoms with van der Waals surface area (Å²) in [4.78, 5) is 23.2. The second-order valence-electron chi connectivity index (χ2n) is 7.52. The second-order valence-corrected chi connectivity index (χ2v) is 10.2. The van der Waals surface area contributed by atoms with Crippen molar-refractivity contribution in [3.05, 3.63) is 40.4 Å². The van der Waals surface area contributed by atoms with Gasteiger partial charge in [0, 0.05) is 19.2 Å². The summed E-state index contributed by atoms with van der Waals surface area (Å²) in [5, 5.41) is 21.5. The first kappa shape index (κ1) is 25.3. The predicted molar refractivity (Wildman–Crippen MR) is 118 cm³/mol. The predicted octanol–water partition coefficient (Wildman–Crippen LogP) is 2.05. The monoisotopic (exact) mass is 552 g/mol. The molecule has 0 bridgehead atoms. The van der Waals surface area contributed by atoms with Crippen molar-refractivity contribution in [2.45, 2.75) is 23.5 Å². The number of nitrogens with zero attached hydrogens (tertiary/aromatic N) is 2. The largest absolute Gasteiger partial charge is 0.507 e. The summed E-state index contributed by atoms with van der Waals surface area (Å²) in [6.07, 6.45) is -3.91. The van der Waals surface area contributed by atoms with Crippen LogP contribution >= 0.6 is 23.2 Å². The number of hydrazine groups is 1. The molecule has 16 heteroatoms. The Balaban J connectivity index is 1.61. The van der Waals surface area contributed by atoms with Crippen molar-refractivity contribution in [1.29, 1.82) is 0 Å². The van der Waals surface area contributed by atoms with Gasteiger partial charge in [-0.3, -0.25) is 10.1 Å². The summed E-state index contributed by atoms with van der Waals surface area (Å²) in [6.45, 7) is -0.246. The number of rotatable bonds is 6. The number of carbonyl (C=O) groups excluding carboxylic acids is 2. The highest BCUT2D eigenvalue weighted by molar-refractivity contribution is 7.89. The number of alkyl halides is 2. The third-order valence-corrected chi connectivity index (χ3v) is 7.50. The number of β-amino-alcohol motifs (C(OH)–C–C–N with tert-alkyl or cyclic N) is 1. The van der Waals surface area contributed by atoms with E-state index in [0.29, 0.717) is 5.01 Å². The van der Waals surface area contributed by atoms with E-state index in [1.807, 2.05) is 0 Å². The number of benzene rings is 2. The van der Waals surface area contributed by atoms with Gasteiger partial charge in [-0.25, -0.2) is 32.4 Å². The van der Waals surface area contributed by atoms with Gasteiger partial charge < -0.3 is 14.9 Å². The minimum Gasteiger partial charge on any atom is -0.507 e. The van der Waals surface area contributed by atoms with Crippen LogP contribution in [0.15, 0.2) is 35.2 Å². The Hall–Kier alpha value is -2.75. The fraction of sp³-hybridized carbons (Fsp3) is 0.263. The van der Waals surface area contributed by atoms with Crippen molar-refractivity contribution in [2.24, 2.45) is 0 Å². The van der Waals surface area contributed by atoms with Gasteiger partial charge in [0.15, 0.2) is 11.8 Å². The number of urea groups is 1. The minimum atomic E-state index is -4.12. The van der Waals surface area contributed by atoms with E-state index in [4.69, 9.17) is 27.9 Å². The Bertz CT molecular complexity index is 1290. The van der Waals surface area contributed by atoms with E-state index in [1.165, 1.54) is 6.07 Å². The van der Waals surface area contributed by atoms with Crippen LogP contribution in [0, 0.1) is 0 Å². The van der Waals surface area contributed by atoms with Crippen LogP contribution in [0.3, 0.4) is 0 Å². The molecule has 11 nitrogen and oxygen atoms in total. The number of hydrogen-bond donors (Lipinski definition) is 4. The number of halogens is 4. The van der Waals surface area contributed by atoms with E-state index >= 15 is 0 Å². The number of aliphatic hydroxyl groups is 1. The Morgan fingerprint density at radius 2 is 1.74 bits per heavy atom. The topological polar surface area (TPSA) is 149 Å². The molecule has 1 unspecified atom stereocenters. The van der Waals surface area contributed by atoms with Crippen LogP contribution in [-0.4, -0.2) is 66.5 Å². The SMILES string of the molecule is O=C1NC(=O)N(c2cc(Cl)c(Oc3ccc(O)c(S(=O)(=O)N4CC(O)C4)c3)c(Cl)c2)NC1C(F)F. The number of phenolic OH excluding ortho intramolecular Hbond substituents is 1. The maximum Gasteiger partial charge on any atom is 0.343 e. The zero-order valence-electron chi connectivity index (χ0n) is 17.3. The number of anilines is 1. The summed E-state index contributed by atoms with van der Waals surface area (Å²) in [5.74, 6) is -1.98. The van der Waals surface area contributed by atoms with Crippen molar-refractivity contribution in [1.82, 2.24) is 15.0 Å². The number of amides is 3. The zero-order valence-corrected chi connectivity index (χ0v) is 19.6. The van der Waals surface area contributed by atoms with E-state index in [9.17, 15) is 37.0 Å². The lowest BCUT2D eigenvalue weighted by Crippen LogP contribution is -2.66. The van der Waals surface area contributed by atoms with Crippen LogP contribution in [0.2, 0.25) is 10.0 Å².